The van der Waals surface area contributed by atoms with Gasteiger partial charge in [-0.3, -0.25) is 0 Å². The lowest BCUT2D eigenvalue weighted by molar-refractivity contribution is 1.23. The van der Waals surface area contributed by atoms with Crippen molar-refractivity contribution in [3.8, 4) is 11.1 Å². The summed E-state index contributed by atoms with van der Waals surface area (Å²) < 4.78 is 2.65. The van der Waals surface area contributed by atoms with Crippen LogP contribution in [0.25, 0.3) is 11.1 Å². The summed E-state index contributed by atoms with van der Waals surface area (Å²) in [6.07, 6.45) is 0. The zero-order chi connectivity index (χ0) is 23.5. The molecule has 1 nitrogen and oxygen atoms in total. The molecule has 166 valence electrons. The summed E-state index contributed by atoms with van der Waals surface area (Å²) in [6.45, 7) is 0. The van der Waals surface area contributed by atoms with Crippen LogP contribution in [-0.4, -0.2) is 13.1 Å². The van der Waals surface area contributed by atoms with Gasteiger partial charge in [-0.1, -0.05) is 119 Å². The van der Waals surface area contributed by atoms with Crippen molar-refractivity contribution in [3.05, 3.63) is 135 Å². The highest BCUT2D eigenvalue weighted by molar-refractivity contribution is 9.11. The maximum absolute atomic E-state index is 4.43. The third-order valence-electron chi connectivity index (χ3n) is 6.09. The molecule has 0 atom stereocenters. The van der Waals surface area contributed by atoms with Crippen LogP contribution in [0.2, 0.25) is 0 Å². The molecular formula is C29H20Br3NSi. The van der Waals surface area contributed by atoms with E-state index in [4.69, 9.17) is 0 Å². The minimum absolute atomic E-state index is 0.798. The molecule has 0 unspecified atom stereocenters. The number of aromatic nitrogens is 1. The zero-order valence-corrected chi connectivity index (χ0v) is 23.9. The van der Waals surface area contributed by atoms with E-state index in [1.165, 1.54) is 20.7 Å². The molecule has 0 radical (unpaired) electrons. The maximum atomic E-state index is 4.43. The van der Waals surface area contributed by atoms with E-state index in [2.05, 4.69) is 174 Å². The highest BCUT2D eigenvalue weighted by Gasteiger charge is 2.41. The first-order chi connectivity index (χ1) is 16.6. The second kappa shape index (κ2) is 10.1. The molecule has 1 heterocycles. The maximum Gasteiger partial charge on any atom is 0.179 e. The Hall–Kier alpha value is -2.31. The molecule has 4 aromatic carbocycles. The van der Waals surface area contributed by atoms with Crippen LogP contribution in [0.3, 0.4) is 0 Å². The highest BCUT2D eigenvalue weighted by Crippen LogP contribution is 2.31. The number of benzene rings is 4. The van der Waals surface area contributed by atoms with Crippen molar-refractivity contribution >= 4 is 76.6 Å². The van der Waals surface area contributed by atoms with Crippen LogP contribution in [-0.2, 0) is 0 Å². The van der Waals surface area contributed by atoms with Crippen LogP contribution in [0.5, 0.6) is 0 Å². The second-order valence-corrected chi connectivity index (χ2v) is 14.3. The van der Waals surface area contributed by atoms with Crippen LogP contribution in [0.1, 0.15) is 0 Å². The Kier molecular flexibility index (Phi) is 6.98. The van der Waals surface area contributed by atoms with Gasteiger partial charge in [0.2, 0.25) is 0 Å². The molecule has 34 heavy (non-hydrogen) atoms. The summed E-state index contributed by atoms with van der Waals surface area (Å²) in [5.41, 5.74) is 2.24. The van der Waals surface area contributed by atoms with Gasteiger partial charge in [-0.2, -0.15) is 0 Å². The van der Waals surface area contributed by atoms with Crippen LogP contribution in [0.4, 0.5) is 0 Å². The lowest BCUT2D eigenvalue weighted by Gasteiger charge is -2.34. The van der Waals surface area contributed by atoms with Crippen molar-refractivity contribution in [2.75, 3.05) is 0 Å². The lowest BCUT2D eigenvalue weighted by atomic mass is 10.1. The number of nitrogens with zero attached hydrogens (tertiary/aromatic N) is 1. The normalized spacial score (nSPS) is 11.4. The van der Waals surface area contributed by atoms with Crippen molar-refractivity contribution in [2.45, 2.75) is 0 Å². The molecule has 0 aliphatic carbocycles. The lowest BCUT2D eigenvalue weighted by Crippen LogP contribution is -2.74. The number of pyridine rings is 1. The van der Waals surface area contributed by atoms with Crippen LogP contribution in [0.15, 0.2) is 135 Å². The molecule has 0 saturated carbocycles. The van der Waals surface area contributed by atoms with E-state index in [1.807, 2.05) is 0 Å². The van der Waals surface area contributed by atoms with Gasteiger partial charge < -0.3 is 0 Å². The van der Waals surface area contributed by atoms with Crippen LogP contribution >= 0.6 is 47.8 Å². The summed E-state index contributed by atoms with van der Waals surface area (Å²) >= 11 is 10.9. The number of rotatable bonds is 5. The summed E-state index contributed by atoms with van der Waals surface area (Å²) in [5, 5.41) is 5.41. The first-order valence-corrected chi connectivity index (χ1v) is 15.3. The third-order valence-corrected chi connectivity index (χ3v) is 12.4. The number of hydrogen-bond acceptors (Lipinski definition) is 1. The monoisotopic (exact) mass is 647 g/mol. The van der Waals surface area contributed by atoms with E-state index in [-0.39, 0.29) is 0 Å². The van der Waals surface area contributed by atoms with Crippen molar-refractivity contribution in [1.82, 2.24) is 4.98 Å². The summed E-state index contributed by atoms with van der Waals surface area (Å²) in [4.78, 5) is 4.43. The average molecular weight is 650 g/mol. The van der Waals surface area contributed by atoms with Crippen LogP contribution < -0.4 is 20.7 Å². The van der Waals surface area contributed by atoms with Gasteiger partial charge in [0.25, 0.3) is 0 Å². The largest absolute Gasteiger partial charge is 0.234 e. The Morgan fingerprint density at radius 1 is 0.471 bits per heavy atom. The van der Waals surface area contributed by atoms with Gasteiger partial charge in [-0.05, 0) is 81.9 Å². The fourth-order valence-corrected chi connectivity index (χ4v) is 11.0. The van der Waals surface area contributed by atoms with E-state index in [1.54, 1.807) is 0 Å². The standard InChI is InChI=1S/C29H20Br3NSi/c30-27-17-16-25(20-26(27)21-18-28(31)33-29(32)19-21)34(22-10-4-1-5-11-22,23-12-6-2-7-13-23)24-14-8-3-9-15-24/h1-20H. The van der Waals surface area contributed by atoms with Crippen molar-refractivity contribution in [2.24, 2.45) is 0 Å². The molecule has 0 bridgehead atoms. The molecule has 0 aliphatic heterocycles. The fourth-order valence-electron chi connectivity index (χ4n) is 4.66. The molecule has 5 aromatic rings. The Morgan fingerprint density at radius 3 is 1.35 bits per heavy atom. The van der Waals surface area contributed by atoms with Gasteiger partial charge in [-0.15, -0.1) is 0 Å². The predicted molar refractivity (Wildman–Crippen MR) is 156 cm³/mol. The molecule has 0 N–H and O–H groups in total. The predicted octanol–water partition coefficient (Wildman–Crippen LogP) is 6.41. The van der Waals surface area contributed by atoms with Gasteiger partial charge in [0.05, 0.1) is 0 Å². The van der Waals surface area contributed by atoms with Gasteiger partial charge >= 0.3 is 0 Å². The topological polar surface area (TPSA) is 12.9 Å². The molecule has 5 heteroatoms. The third kappa shape index (κ3) is 4.38. The SMILES string of the molecule is Brc1cc(-c2cc([Si](c3ccccc3)(c3ccccc3)c3ccccc3)ccc2Br)cc(Br)n1. The summed E-state index contributed by atoms with van der Waals surface area (Å²) in [5.74, 6) is 0. The van der Waals surface area contributed by atoms with E-state index in [0.717, 1.165) is 24.8 Å². The van der Waals surface area contributed by atoms with E-state index in [0.29, 0.717) is 0 Å². The van der Waals surface area contributed by atoms with Crippen molar-refractivity contribution in [1.29, 1.82) is 0 Å². The molecule has 1 aromatic heterocycles. The Balaban J connectivity index is 1.87. The van der Waals surface area contributed by atoms with Gasteiger partial charge in [0.15, 0.2) is 8.07 Å². The number of halogens is 3. The fraction of sp³-hybridized carbons (Fsp3) is 0. The second-order valence-electron chi connectivity index (χ2n) is 8.04. The van der Waals surface area contributed by atoms with E-state index < -0.39 is 8.07 Å². The molecule has 0 saturated heterocycles. The smallest absolute Gasteiger partial charge is 0.179 e. The van der Waals surface area contributed by atoms with E-state index >= 15 is 0 Å². The minimum atomic E-state index is -2.57. The first-order valence-electron chi connectivity index (χ1n) is 10.9. The van der Waals surface area contributed by atoms with Crippen molar-refractivity contribution in [3.63, 3.8) is 0 Å². The number of hydrogen-bond donors (Lipinski definition) is 0. The molecule has 5 rings (SSSR count). The molecule has 0 aliphatic rings. The first kappa shape index (κ1) is 23.4. The Morgan fingerprint density at radius 2 is 0.912 bits per heavy atom. The quantitative estimate of drug-likeness (QED) is 0.122. The summed E-state index contributed by atoms with van der Waals surface area (Å²) in [7, 11) is -2.57. The summed E-state index contributed by atoms with van der Waals surface area (Å²) in [6, 6.07) is 43.9. The molecular weight excluding hydrogens is 630 g/mol. The molecule has 0 fully saturated rings. The van der Waals surface area contributed by atoms with Crippen molar-refractivity contribution < 1.29 is 0 Å². The van der Waals surface area contributed by atoms with E-state index in [9.17, 15) is 0 Å². The average Bonchev–Trinajstić information content (AvgIpc) is 2.87. The highest BCUT2D eigenvalue weighted by atomic mass is 79.9. The molecule has 0 amide bonds. The van der Waals surface area contributed by atoms with Gasteiger partial charge in [0.1, 0.15) is 9.21 Å². The van der Waals surface area contributed by atoms with Gasteiger partial charge in [-0.25, -0.2) is 4.98 Å². The van der Waals surface area contributed by atoms with Gasteiger partial charge in [0, 0.05) is 4.47 Å². The Bertz CT molecular complexity index is 1310. The molecule has 0 spiro atoms. The van der Waals surface area contributed by atoms with Crippen LogP contribution in [0, 0.1) is 0 Å². The minimum Gasteiger partial charge on any atom is -0.234 e. The zero-order valence-electron chi connectivity index (χ0n) is 18.1. The Labute approximate surface area is 226 Å².